The van der Waals surface area contributed by atoms with Gasteiger partial charge in [-0.1, -0.05) is 30.3 Å². The molecule has 0 saturated carbocycles. The molecule has 0 N–H and O–H groups in total. The normalized spacial score (nSPS) is 20.7. The molecule has 2 aliphatic heterocycles. The molecule has 2 aromatic rings. The molecule has 4 rings (SSSR count). The summed E-state index contributed by atoms with van der Waals surface area (Å²) in [5, 5.41) is 4.56. The minimum absolute atomic E-state index is 0.0355. The van der Waals surface area contributed by atoms with Crippen molar-refractivity contribution in [2.45, 2.75) is 25.8 Å². The van der Waals surface area contributed by atoms with E-state index in [2.05, 4.69) is 5.10 Å². The van der Waals surface area contributed by atoms with Crippen molar-refractivity contribution in [3.8, 4) is 11.3 Å². The Bertz CT molecular complexity index is 835. The topological polar surface area (TPSA) is 64.4 Å². The second-order valence-corrected chi connectivity index (χ2v) is 7.43. The predicted molar refractivity (Wildman–Crippen MR) is 102 cm³/mol. The van der Waals surface area contributed by atoms with Gasteiger partial charge in [-0.2, -0.15) is 5.10 Å². The molecular formula is C21H25N3O3. The fourth-order valence-electron chi connectivity index (χ4n) is 3.91. The summed E-state index contributed by atoms with van der Waals surface area (Å²) in [6.45, 7) is 3.37. The average molecular weight is 367 g/mol. The highest BCUT2D eigenvalue weighted by Gasteiger charge is 2.30. The lowest BCUT2D eigenvalue weighted by atomic mass is 9.95. The minimum atomic E-state index is -0.0729. The second-order valence-electron chi connectivity index (χ2n) is 7.43. The molecule has 2 saturated heterocycles. The molecule has 0 aliphatic carbocycles. The molecule has 0 unspecified atom stereocenters. The maximum Gasteiger partial charge on any atom is 0.266 e. The number of hydrogen-bond acceptors (Lipinski definition) is 4. The highest BCUT2D eigenvalue weighted by molar-refractivity contribution is 5.79. The number of hydrogen-bond donors (Lipinski definition) is 0. The van der Waals surface area contributed by atoms with E-state index in [-0.39, 0.29) is 17.4 Å². The lowest BCUT2D eigenvalue weighted by Crippen LogP contribution is -2.43. The monoisotopic (exact) mass is 367 g/mol. The first-order valence-corrected chi connectivity index (χ1v) is 9.71. The van der Waals surface area contributed by atoms with Crippen LogP contribution in [0.5, 0.6) is 0 Å². The quantitative estimate of drug-likeness (QED) is 0.831. The van der Waals surface area contributed by atoms with Crippen LogP contribution in [0.2, 0.25) is 0 Å². The predicted octanol–water partition coefficient (Wildman–Crippen LogP) is 2.19. The van der Waals surface area contributed by atoms with Gasteiger partial charge in [0.2, 0.25) is 5.91 Å². The summed E-state index contributed by atoms with van der Waals surface area (Å²) in [5.74, 6) is 0.630. The molecule has 1 aromatic heterocycles. The van der Waals surface area contributed by atoms with Gasteiger partial charge in [0.25, 0.3) is 5.56 Å². The lowest BCUT2D eigenvalue weighted by molar-refractivity contribution is -0.137. The van der Waals surface area contributed by atoms with Gasteiger partial charge in [0.15, 0.2) is 0 Å². The Kier molecular flexibility index (Phi) is 5.34. The number of carbonyl (C=O) groups excluding carboxylic acids is 1. The number of rotatable bonds is 4. The number of piperidine rings is 1. The van der Waals surface area contributed by atoms with Crippen LogP contribution in [0.3, 0.4) is 0 Å². The summed E-state index contributed by atoms with van der Waals surface area (Å²) in [6, 6.07) is 13.3. The van der Waals surface area contributed by atoms with Gasteiger partial charge in [-0.25, -0.2) is 4.68 Å². The van der Waals surface area contributed by atoms with Gasteiger partial charge in [-0.3, -0.25) is 9.59 Å². The first kappa shape index (κ1) is 17.9. The summed E-state index contributed by atoms with van der Waals surface area (Å²) in [5.41, 5.74) is 1.74. The third kappa shape index (κ3) is 4.11. The maximum absolute atomic E-state index is 12.5. The zero-order valence-corrected chi connectivity index (χ0v) is 15.4. The highest BCUT2D eigenvalue weighted by Crippen LogP contribution is 2.23. The van der Waals surface area contributed by atoms with E-state index < -0.39 is 0 Å². The van der Waals surface area contributed by atoms with E-state index >= 15 is 0 Å². The zero-order chi connectivity index (χ0) is 18.6. The van der Waals surface area contributed by atoms with Gasteiger partial charge in [0.05, 0.1) is 18.2 Å². The van der Waals surface area contributed by atoms with Crippen LogP contribution in [-0.2, 0) is 16.1 Å². The van der Waals surface area contributed by atoms with Crippen molar-refractivity contribution in [1.29, 1.82) is 0 Å². The Balaban J connectivity index is 1.39. The Labute approximate surface area is 158 Å². The smallest absolute Gasteiger partial charge is 0.266 e. The molecular weight excluding hydrogens is 342 g/mol. The molecule has 142 valence electrons. The molecule has 6 heteroatoms. The van der Waals surface area contributed by atoms with Crippen molar-refractivity contribution in [1.82, 2.24) is 14.7 Å². The van der Waals surface area contributed by atoms with E-state index in [4.69, 9.17) is 4.74 Å². The molecule has 2 fully saturated rings. The van der Waals surface area contributed by atoms with Crippen molar-refractivity contribution in [3.63, 3.8) is 0 Å². The number of benzene rings is 1. The van der Waals surface area contributed by atoms with E-state index in [9.17, 15) is 9.59 Å². The molecule has 6 nitrogen and oxygen atoms in total. The van der Waals surface area contributed by atoms with E-state index in [0.717, 1.165) is 43.6 Å². The maximum atomic E-state index is 12.5. The third-order valence-corrected chi connectivity index (χ3v) is 5.57. The fraction of sp³-hybridized carbons (Fsp3) is 0.476. The van der Waals surface area contributed by atoms with Gasteiger partial charge in [-0.05, 0) is 31.2 Å². The van der Waals surface area contributed by atoms with Crippen LogP contribution in [0.4, 0.5) is 0 Å². The molecule has 3 heterocycles. The summed E-state index contributed by atoms with van der Waals surface area (Å²) >= 11 is 0. The van der Waals surface area contributed by atoms with Crippen LogP contribution in [-0.4, -0.2) is 46.9 Å². The Morgan fingerprint density at radius 3 is 2.56 bits per heavy atom. The van der Waals surface area contributed by atoms with E-state index in [1.807, 2.05) is 35.2 Å². The SMILES string of the molecule is O=C([C@@H]1CCOC1)N1CCC(Cn2nc(-c3ccccc3)ccc2=O)CC1. The Morgan fingerprint density at radius 2 is 1.85 bits per heavy atom. The van der Waals surface area contributed by atoms with Crippen LogP contribution in [0, 0.1) is 11.8 Å². The molecule has 0 bridgehead atoms. The largest absolute Gasteiger partial charge is 0.381 e. The second kappa shape index (κ2) is 8.05. The van der Waals surface area contributed by atoms with Crippen molar-refractivity contribution in [3.05, 3.63) is 52.8 Å². The van der Waals surface area contributed by atoms with Crippen molar-refractivity contribution in [2.75, 3.05) is 26.3 Å². The summed E-state index contributed by atoms with van der Waals surface area (Å²) in [7, 11) is 0. The highest BCUT2D eigenvalue weighted by atomic mass is 16.5. The third-order valence-electron chi connectivity index (χ3n) is 5.57. The van der Waals surface area contributed by atoms with E-state index in [1.165, 1.54) is 0 Å². The van der Waals surface area contributed by atoms with Crippen LogP contribution >= 0.6 is 0 Å². The first-order valence-electron chi connectivity index (χ1n) is 9.71. The van der Waals surface area contributed by atoms with Gasteiger partial charge in [0, 0.05) is 37.9 Å². The first-order chi connectivity index (χ1) is 13.2. The number of aromatic nitrogens is 2. The summed E-state index contributed by atoms with van der Waals surface area (Å²) in [6.07, 6.45) is 2.65. The number of likely N-dealkylation sites (tertiary alicyclic amines) is 1. The molecule has 1 aromatic carbocycles. The number of amides is 1. The number of ether oxygens (including phenoxy) is 1. The minimum Gasteiger partial charge on any atom is -0.381 e. The van der Waals surface area contributed by atoms with Crippen molar-refractivity contribution >= 4 is 5.91 Å². The van der Waals surface area contributed by atoms with Gasteiger partial charge in [-0.15, -0.1) is 0 Å². The molecule has 0 spiro atoms. The molecule has 1 atom stereocenters. The Hall–Kier alpha value is -2.47. The van der Waals surface area contributed by atoms with Gasteiger partial charge < -0.3 is 9.64 Å². The van der Waals surface area contributed by atoms with Crippen LogP contribution in [0.1, 0.15) is 19.3 Å². The fourth-order valence-corrected chi connectivity index (χ4v) is 3.91. The summed E-state index contributed by atoms with van der Waals surface area (Å²) in [4.78, 5) is 26.7. The molecule has 1 amide bonds. The standard InChI is InChI=1S/C21H25N3O3/c25-20-7-6-19(17-4-2-1-3-5-17)22-24(20)14-16-8-11-23(12-9-16)21(26)18-10-13-27-15-18/h1-7,16,18H,8-15H2/t18-/m1/s1. The number of carbonyl (C=O) groups is 1. The van der Waals surface area contributed by atoms with Crippen LogP contribution in [0.15, 0.2) is 47.3 Å². The zero-order valence-electron chi connectivity index (χ0n) is 15.4. The molecule has 0 radical (unpaired) electrons. The van der Waals surface area contributed by atoms with Crippen LogP contribution < -0.4 is 5.56 Å². The lowest BCUT2D eigenvalue weighted by Gasteiger charge is -2.33. The molecule has 2 aliphatic rings. The van der Waals surface area contributed by atoms with Crippen LogP contribution in [0.25, 0.3) is 11.3 Å². The van der Waals surface area contributed by atoms with E-state index in [1.54, 1.807) is 16.8 Å². The molecule has 27 heavy (non-hydrogen) atoms. The average Bonchev–Trinajstić information content (AvgIpc) is 3.25. The van der Waals surface area contributed by atoms with E-state index in [0.29, 0.717) is 25.7 Å². The van der Waals surface area contributed by atoms with Gasteiger partial charge >= 0.3 is 0 Å². The van der Waals surface area contributed by atoms with Crippen molar-refractivity contribution < 1.29 is 9.53 Å². The van der Waals surface area contributed by atoms with Crippen molar-refractivity contribution in [2.24, 2.45) is 11.8 Å². The number of nitrogens with zero attached hydrogens (tertiary/aromatic N) is 3. The van der Waals surface area contributed by atoms with Gasteiger partial charge in [0.1, 0.15) is 0 Å². The summed E-state index contributed by atoms with van der Waals surface area (Å²) < 4.78 is 6.91. The Morgan fingerprint density at radius 1 is 1.07 bits per heavy atom.